The summed E-state index contributed by atoms with van der Waals surface area (Å²) in [4.78, 5) is 21.8. The summed E-state index contributed by atoms with van der Waals surface area (Å²) in [5.41, 5.74) is 3.98. The van der Waals surface area contributed by atoms with Gasteiger partial charge < -0.3 is 15.5 Å². The van der Waals surface area contributed by atoms with E-state index in [0.717, 1.165) is 57.9 Å². The third-order valence-electron chi connectivity index (χ3n) is 6.38. The molecule has 6 nitrogen and oxygen atoms in total. The Kier molecular flexibility index (Phi) is 9.99. The molecule has 1 fully saturated rings. The minimum atomic E-state index is 0. The number of aliphatic imine (C=N–C) groups is 1. The highest BCUT2D eigenvalue weighted by Crippen LogP contribution is 2.18. The van der Waals surface area contributed by atoms with Gasteiger partial charge in [0.05, 0.1) is 0 Å². The van der Waals surface area contributed by atoms with Gasteiger partial charge in [-0.3, -0.25) is 9.69 Å². The molecule has 0 unspecified atom stereocenters. The number of piperidine rings is 1. The van der Waals surface area contributed by atoms with Crippen LogP contribution in [0.15, 0.2) is 59.6 Å². The fraction of sp³-hybridized carbons (Fsp3) is 0.462. The van der Waals surface area contributed by atoms with Gasteiger partial charge in [-0.15, -0.1) is 24.0 Å². The van der Waals surface area contributed by atoms with Crippen molar-refractivity contribution >= 4 is 35.8 Å². The molecule has 4 rings (SSSR count). The first-order valence-corrected chi connectivity index (χ1v) is 11.9. The molecule has 1 saturated heterocycles. The Hall–Kier alpha value is -2.13. The lowest BCUT2D eigenvalue weighted by molar-refractivity contribution is -0.130. The van der Waals surface area contributed by atoms with Crippen LogP contribution in [-0.4, -0.2) is 60.4 Å². The lowest BCUT2D eigenvalue weighted by Gasteiger charge is -2.33. The van der Waals surface area contributed by atoms with Crippen molar-refractivity contribution in [3.05, 3.63) is 71.3 Å². The van der Waals surface area contributed by atoms with Gasteiger partial charge in [-0.2, -0.15) is 0 Å². The second-order valence-electron chi connectivity index (χ2n) is 8.71. The molecule has 2 aliphatic heterocycles. The van der Waals surface area contributed by atoms with E-state index in [0.29, 0.717) is 12.6 Å². The highest BCUT2D eigenvalue weighted by Gasteiger charge is 2.22. The molecule has 0 bridgehead atoms. The monoisotopic (exact) mass is 561 g/mol. The molecule has 0 spiro atoms. The summed E-state index contributed by atoms with van der Waals surface area (Å²) in [5, 5.41) is 6.87. The van der Waals surface area contributed by atoms with Crippen molar-refractivity contribution < 1.29 is 4.79 Å². The number of hydrogen-bond donors (Lipinski definition) is 2. The number of nitrogens with one attached hydrogen (secondary N) is 2. The van der Waals surface area contributed by atoms with E-state index in [4.69, 9.17) is 0 Å². The number of amides is 1. The average Bonchev–Trinajstić information content (AvgIpc) is 2.84. The number of carbonyl (C=O) groups is 1. The fourth-order valence-electron chi connectivity index (χ4n) is 4.55. The summed E-state index contributed by atoms with van der Waals surface area (Å²) < 4.78 is 0. The Morgan fingerprint density at radius 2 is 1.70 bits per heavy atom. The van der Waals surface area contributed by atoms with Gasteiger partial charge in [-0.1, -0.05) is 54.6 Å². The Morgan fingerprint density at radius 3 is 2.42 bits per heavy atom. The van der Waals surface area contributed by atoms with Crippen LogP contribution in [0.3, 0.4) is 0 Å². The molecule has 2 aliphatic rings. The topological polar surface area (TPSA) is 60.0 Å². The molecular weight excluding hydrogens is 525 g/mol. The molecule has 2 aromatic carbocycles. The van der Waals surface area contributed by atoms with Gasteiger partial charge in [0, 0.05) is 45.3 Å². The quantitative estimate of drug-likeness (QED) is 0.323. The van der Waals surface area contributed by atoms with Crippen LogP contribution in [0.5, 0.6) is 0 Å². The molecule has 7 heteroatoms. The smallest absolute Gasteiger partial charge is 0.244 e. The summed E-state index contributed by atoms with van der Waals surface area (Å²) in [6, 6.07) is 19.4. The normalized spacial score (nSPS) is 17.1. The van der Waals surface area contributed by atoms with Gasteiger partial charge in [0.2, 0.25) is 5.91 Å². The summed E-state index contributed by atoms with van der Waals surface area (Å²) in [6.07, 6.45) is 3.08. The maximum atomic E-state index is 12.8. The largest absolute Gasteiger partial charge is 0.357 e. The molecule has 2 N–H and O–H groups in total. The van der Waals surface area contributed by atoms with E-state index in [-0.39, 0.29) is 36.4 Å². The Morgan fingerprint density at radius 1 is 1.00 bits per heavy atom. The average molecular weight is 562 g/mol. The van der Waals surface area contributed by atoms with Crippen LogP contribution in [0, 0.1) is 0 Å². The van der Waals surface area contributed by atoms with E-state index < -0.39 is 0 Å². The minimum absolute atomic E-state index is 0. The van der Waals surface area contributed by atoms with Gasteiger partial charge in [-0.25, -0.2) is 4.99 Å². The van der Waals surface area contributed by atoms with E-state index in [9.17, 15) is 4.79 Å². The molecule has 1 amide bonds. The molecule has 178 valence electrons. The van der Waals surface area contributed by atoms with E-state index in [1.165, 1.54) is 16.7 Å². The van der Waals surface area contributed by atoms with Crippen molar-refractivity contribution in [2.45, 2.75) is 45.3 Å². The van der Waals surface area contributed by atoms with Gasteiger partial charge >= 0.3 is 0 Å². The lowest BCUT2D eigenvalue weighted by atomic mass is 10.00. The van der Waals surface area contributed by atoms with Crippen molar-refractivity contribution in [2.24, 2.45) is 4.99 Å². The highest BCUT2D eigenvalue weighted by atomic mass is 127. The summed E-state index contributed by atoms with van der Waals surface area (Å²) in [7, 11) is 0. The van der Waals surface area contributed by atoms with E-state index in [1.807, 2.05) is 11.0 Å². The predicted octanol–water partition coefficient (Wildman–Crippen LogP) is 3.41. The second kappa shape index (κ2) is 12.9. The summed E-state index contributed by atoms with van der Waals surface area (Å²) >= 11 is 0. The van der Waals surface area contributed by atoms with Crippen LogP contribution >= 0.6 is 24.0 Å². The molecule has 0 aliphatic carbocycles. The standard InChI is InChI=1S/C26H35N5O.HI/c1-2-27-26(28-18-25(32)31-17-12-22-10-6-7-11-23(22)20-31)29-24-13-15-30(16-14-24)19-21-8-4-3-5-9-21;/h3-11,24H,2,12-20H2,1H3,(H2,27,28,29);1H. The number of halogens is 1. The predicted molar refractivity (Wildman–Crippen MR) is 145 cm³/mol. The lowest BCUT2D eigenvalue weighted by Crippen LogP contribution is -2.49. The first kappa shape index (κ1) is 25.5. The highest BCUT2D eigenvalue weighted by molar-refractivity contribution is 14.0. The second-order valence-corrected chi connectivity index (χ2v) is 8.71. The van der Waals surface area contributed by atoms with Crippen LogP contribution in [0.1, 0.15) is 36.5 Å². The Balaban J connectivity index is 0.00000306. The van der Waals surface area contributed by atoms with Crippen molar-refractivity contribution in [1.82, 2.24) is 20.4 Å². The number of nitrogens with zero attached hydrogens (tertiary/aromatic N) is 3. The van der Waals surface area contributed by atoms with Gasteiger partial charge in [0.1, 0.15) is 6.54 Å². The summed E-state index contributed by atoms with van der Waals surface area (Å²) in [6.45, 7) is 7.63. The minimum Gasteiger partial charge on any atom is -0.357 e. The number of carbonyl (C=O) groups excluding carboxylic acids is 1. The Labute approximate surface area is 214 Å². The number of likely N-dealkylation sites (tertiary alicyclic amines) is 1. The van der Waals surface area contributed by atoms with Crippen LogP contribution < -0.4 is 10.6 Å². The third-order valence-corrected chi connectivity index (χ3v) is 6.38. The first-order valence-electron chi connectivity index (χ1n) is 11.9. The fourth-order valence-corrected chi connectivity index (χ4v) is 4.55. The first-order chi connectivity index (χ1) is 15.7. The van der Waals surface area contributed by atoms with Crippen molar-refractivity contribution in [2.75, 3.05) is 32.7 Å². The van der Waals surface area contributed by atoms with Crippen LogP contribution in [0.25, 0.3) is 0 Å². The van der Waals surface area contributed by atoms with Crippen LogP contribution in [0.2, 0.25) is 0 Å². The summed E-state index contributed by atoms with van der Waals surface area (Å²) in [5.74, 6) is 0.842. The molecule has 2 heterocycles. The zero-order chi connectivity index (χ0) is 22.2. The number of hydrogen-bond acceptors (Lipinski definition) is 3. The molecule has 0 aromatic heterocycles. The van der Waals surface area contributed by atoms with Crippen molar-refractivity contribution in [3.63, 3.8) is 0 Å². The molecule has 0 radical (unpaired) electrons. The zero-order valence-corrected chi connectivity index (χ0v) is 21.8. The van der Waals surface area contributed by atoms with Crippen LogP contribution in [0.4, 0.5) is 0 Å². The van der Waals surface area contributed by atoms with Gasteiger partial charge in [0.15, 0.2) is 5.96 Å². The van der Waals surface area contributed by atoms with Gasteiger partial charge in [0.25, 0.3) is 0 Å². The van der Waals surface area contributed by atoms with Crippen LogP contribution in [-0.2, 0) is 24.3 Å². The van der Waals surface area contributed by atoms with Crippen molar-refractivity contribution in [1.29, 1.82) is 0 Å². The van der Waals surface area contributed by atoms with E-state index in [1.54, 1.807) is 0 Å². The Bertz CT molecular complexity index is 912. The van der Waals surface area contributed by atoms with E-state index in [2.05, 4.69) is 76.0 Å². The number of benzene rings is 2. The molecule has 2 aromatic rings. The SMILES string of the molecule is CCNC(=NCC(=O)N1CCc2ccccc2C1)NC1CCN(Cc2ccccc2)CC1.I. The molecule has 33 heavy (non-hydrogen) atoms. The number of fused-ring (bicyclic) bond motifs is 1. The maximum absolute atomic E-state index is 12.8. The molecule has 0 atom stereocenters. The maximum Gasteiger partial charge on any atom is 0.244 e. The number of rotatable bonds is 6. The van der Waals surface area contributed by atoms with Crippen molar-refractivity contribution in [3.8, 4) is 0 Å². The molecular formula is C26H36IN5O. The van der Waals surface area contributed by atoms with Gasteiger partial charge in [-0.05, 0) is 42.9 Å². The zero-order valence-electron chi connectivity index (χ0n) is 19.5. The van der Waals surface area contributed by atoms with E-state index >= 15 is 0 Å². The third kappa shape index (κ3) is 7.43. The number of guanidine groups is 1. The molecule has 0 saturated carbocycles.